The van der Waals surface area contributed by atoms with Crippen LogP contribution in [0.3, 0.4) is 0 Å². The van der Waals surface area contributed by atoms with E-state index in [1.54, 1.807) is 6.21 Å². The van der Waals surface area contributed by atoms with E-state index in [4.69, 9.17) is 0 Å². The standard InChI is InChI=1S/C15H21NO3/c1-19-15(17)11-7-2-3-8-12-16(18)13-14-9-5-4-6-10-14/h4-6,9-10,12H,2-3,7-8,11,13H2,1H3/b16-12-. The van der Waals surface area contributed by atoms with Gasteiger partial charge in [-0.2, -0.15) is 0 Å². The fraction of sp³-hybridized carbons (Fsp3) is 0.467. The van der Waals surface area contributed by atoms with Crippen LogP contribution in [0.5, 0.6) is 0 Å². The monoisotopic (exact) mass is 263 g/mol. The molecule has 0 spiro atoms. The molecule has 0 fully saturated rings. The molecule has 0 atom stereocenters. The van der Waals surface area contributed by atoms with Gasteiger partial charge in [-0.25, -0.2) is 4.74 Å². The van der Waals surface area contributed by atoms with Crippen molar-refractivity contribution in [3.8, 4) is 0 Å². The van der Waals surface area contributed by atoms with Gasteiger partial charge in [-0.15, -0.1) is 0 Å². The Morgan fingerprint density at radius 3 is 2.68 bits per heavy atom. The number of unbranched alkanes of at least 4 members (excludes halogenated alkanes) is 3. The molecule has 4 heteroatoms. The topological polar surface area (TPSA) is 52.4 Å². The molecular formula is C15H21NO3. The van der Waals surface area contributed by atoms with Crippen LogP contribution < -0.4 is 0 Å². The first kappa shape index (κ1) is 15.2. The Balaban J connectivity index is 2.13. The maximum atomic E-state index is 11.6. The average molecular weight is 263 g/mol. The van der Waals surface area contributed by atoms with Gasteiger partial charge in [0.25, 0.3) is 0 Å². The minimum Gasteiger partial charge on any atom is -0.624 e. The number of rotatable bonds is 8. The smallest absolute Gasteiger partial charge is 0.305 e. The Hall–Kier alpha value is -1.84. The van der Waals surface area contributed by atoms with E-state index in [9.17, 15) is 10.0 Å². The summed E-state index contributed by atoms with van der Waals surface area (Å²) in [5, 5.41) is 11.6. The molecule has 0 aromatic heterocycles. The van der Waals surface area contributed by atoms with E-state index in [-0.39, 0.29) is 5.97 Å². The predicted molar refractivity (Wildman–Crippen MR) is 74.9 cm³/mol. The van der Waals surface area contributed by atoms with Crippen molar-refractivity contribution in [2.75, 3.05) is 7.11 Å². The van der Waals surface area contributed by atoms with Gasteiger partial charge < -0.3 is 9.94 Å². The van der Waals surface area contributed by atoms with Gasteiger partial charge in [0, 0.05) is 18.4 Å². The number of hydrogen-bond acceptors (Lipinski definition) is 3. The molecule has 0 saturated carbocycles. The lowest BCUT2D eigenvalue weighted by Crippen LogP contribution is -2.05. The summed E-state index contributed by atoms with van der Waals surface area (Å²) in [4.78, 5) is 10.9. The van der Waals surface area contributed by atoms with Crippen molar-refractivity contribution in [3.63, 3.8) is 0 Å². The highest BCUT2D eigenvalue weighted by Gasteiger charge is 2.00. The van der Waals surface area contributed by atoms with Gasteiger partial charge in [0.1, 0.15) is 0 Å². The van der Waals surface area contributed by atoms with Gasteiger partial charge in [-0.05, 0) is 12.8 Å². The van der Waals surface area contributed by atoms with Crippen LogP contribution >= 0.6 is 0 Å². The van der Waals surface area contributed by atoms with E-state index in [2.05, 4.69) is 4.74 Å². The zero-order valence-corrected chi connectivity index (χ0v) is 11.4. The third-order valence-electron chi connectivity index (χ3n) is 2.83. The molecule has 1 rings (SSSR count). The quantitative estimate of drug-likeness (QED) is 0.181. The summed E-state index contributed by atoms with van der Waals surface area (Å²) in [6.45, 7) is 0.392. The summed E-state index contributed by atoms with van der Waals surface area (Å²) in [7, 11) is 1.40. The van der Waals surface area contributed by atoms with Gasteiger partial charge >= 0.3 is 5.97 Å². The Morgan fingerprint density at radius 2 is 2.00 bits per heavy atom. The average Bonchev–Trinajstić information content (AvgIpc) is 2.43. The number of carbonyl (C=O) groups excluding carboxylic acids is 1. The summed E-state index contributed by atoms with van der Waals surface area (Å²) in [5.74, 6) is -0.168. The largest absolute Gasteiger partial charge is 0.624 e. The van der Waals surface area contributed by atoms with Crippen molar-refractivity contribution >= 4 is 12.2 Å². The van der Waals surface area contributed by atoms with Gasteiger partial charge in [0.05, 0.1) is 7.11 Å². The van der Waals surface area contributed by atoms with Crippen molar-refractivity contribution in [2.45, 2.75) is 38.6 Å². The lowest BCUT2D eigenvalue weighted by molar-refractivity contribution is -0.471. The number of nitrogens with zero attached hydrogens (tertiary/aromatic N) is 1. The van der Waals surface area contributed by atoms with Crippen LogP contribution in [-0.4, -0.2) is 24.0 Å². The lowest BCUT2D eigenvalue weighted by Gasteiger charge is -2.04. The molecule has 19 heavy (non-hydrogen) atoms. The second kappa shape index (κ2) is 9.14. The van der Waals surface area contributed by atoms with Crippen LogP contribution in [0.2, 0.25) is 0 Å². The molecule has 0 aliphatic carbocycles. The van der Waals surface area contributed by atoms with E-state index in [0.29, 0.717) is 13.0 Å². The van der Waals surface area contributed by atoms with Crippen molar-refractivity contribution in [3.05, 3.63) is 41.1 Å². The molecule has 0 unspecified atom stereocenters. The number of ether oxygens (including phenoxy) is 1. The van der Waals surface area contributed by atoms with Gasteiger partial charge in [-0.1, -0.05) is 36.8 Å². The summed E-state index contributed by atoms with van der Waals surface area (Å²) < 4.78 is 5.52. The first-order valence-electron chi connectivity index (χ1n) is 6.60. The minimum atomic E-state index is -0.168. The molecule has 0 radical (unpaired) electrons. The zero-order chi connectivity index (χ0) is 13.9. The fourth-order valence-corrected chi connectivity index (χ4v) is 1.76. The van der Waals surface area contributed by atoms with Crippen LogP contribution in [0.1, 0.15) is 37.7 Å². The van der Waals surface area contributed by atoms with E-state index < -0.39 is 0 Å². The predicted octanol–water partition coefficient (Wildman–Crippen LogP) is 2.89. The van der Waals surface area contributed by atoms with E-state index >= 15 is 0 Å². The highest BCUT2D eigenvalue weighted by molar-refractivity contribution is 5.68. The molecule has 0 saturated heterocycles. The van der Waals surface area contributed by atoms with Crippen LogP contribution in [0, 0.1) is 5.21 Å². The summed E-state index contributed by atoms with van der Waals surface area (Å²) in [6.07, 6.45) is 5.55. The van der Waals surface area contributed by atoms with Gasteiger partial charge in [0.2, 0.25) is 0 Å². The molecule has 1 aromatic rings. The highest BCUT2D eigenvalue weighted by atomic mass is 16.5. The normalized spacial score (nSPS) is 11.3. The molecule has 0 bridgehead atoms. The molecule has 4 nitrogen and oxygen atoms in total. The van der Waals surface area contributed by atoms with E-state index in [1.165, 1.54) is 7.11 Å². The minimum absolute atomic E-state index is 0.168. The van der Waals surface area contributed by atoms with Crippen molar-refractivity contribution in [1.82, 2.24) is 0 Å². The number of benzene rings is 1. The third kappa shape index (κ3) is 7.24. The molecule has 0 aliphatic heterocycles. The maximum absolute atomic E-state index is 11.6. The summed E-state index contributed by atoms with van der Waals surface area (Å²) in [6, 6.07) is 9.67. The number of hydrogen-bond donors (Lipinski definition) is 0. The van der Waals surface area contributed by atoms with E-state index in [0.717, 1.165) is 36.0 Å². The van der Waals surface area contributed by atoms with E-state index in [1.807, 2.05) is 30.3 Å². The lowest BCUT2D eigenvalue weighted by atomic mass is 10.1. The Kier molecular flexibility index (Phi) is 7.32. The molecule has 0 N–H and O–H groups in total. The second-order valence-corrected chi connectivity index (χ2v) is 4.42. The Morgan fingerprint density at radius 1 is 1.26 bits per heavy atom. The molecule has 0 heterocycles. The Bertz CT molecular complexity index is 401. The number of esters is 1. The zero-order valence-electron chi connectivity index (χ0n) is 11.4. The van der Waals surface area contributed by atoms with Gasteiger partial charge in [0.15, 0.2) is 12.8 Å². The molecular weight excluding hydrogens is 242 g/mol. The molecule has 104 valence electrons. The second-order valence-electron chi connectivity index (χ2n) is 4.42. The van der Waals surface area contributed by atoms with Crippen LogP contribution in [0.15, 0.2) is 30.3 Å². The number of methoxy groups -OCH3 is 1. The fourth-order valence-electron chi connectivity index (χ4n) is 1.76. The van der Waals surface area contributed by atoms with Crippen molar-refractivity contribution in [1.29, 1.82) is 0 Å². The molecule has 0 aliphatic rings. The first-order valence-corrected chi connectivity index (χ1v) is 6.60. The molecule has 0 amide bonds. The highest BCUT2D eigenvalue weighted by Crippen LogP contribution is 2.03. The number of carbonyl (C=O) groups is 1. The van der Waals surface area contributed by atoms with Crippen LogP contribution in [0.4, 0.5) is 0 Å². The maximum Gasteiger partial charge on any atom is 0.305 e. The SMILES string of the molecule is COC(=O)CCCCC/C=[N+](\[O-])Cc1ccccc1. The Labute approximate surface area is 114 Å². The van der Waals surface area contributed by atoms with Crippen LogP contribution in [0.25, 0.3) is 0 Å². The van der Waals surface area contributed by atoms with Crippen molar-refractivity contribution < 1.29 is 14.3 Å². The van der Waals surface area contributed by atoms with Crippen molar-refractivity contribution in [2.24, 2.45) is 0 Å². The number of hydroxylamine groups is 1. The third-order valence-corrected chi connectivity index (χ3v) is 2.83. The summed E-state index contributed by atoms with van der Waals surface area (Å²) in [5.41, 5.74) is 1.01. The van der Waals surface area contributed by atoms with Crippen LogP contribution in [-0.2, 0) is 16.1 Å². The first-order chi connectivity index (χ1) is 9.22. The summed E-state index contributed by atoms with van der Waals surface area (Å²) >= 11 is 0. The molecule has 1 aromatic carbocycles. The van der Waals surface area contributed by atoms with Gasteiger partial charge in [-0.3, -0.25) is 4.79 Å².